The predicted molar refractivity (Wildman–Crippen MR) is 81.4 cm³/mol. The summed E-state index contributed by atoms with van der Waals surface area (Å²) in [4.78, 5) is 15.5. The molecule has 1 heterocycles. The molecule has 2 N–H and O–H groups in total. The summed E-state index contributed by atoms with van der Waals surface area (Å²) in [5.74, 6) is -1.15. The number of carboxylic acid groups (broad SMARTS) is 1. The minimum atomic E-state index is -1.00. The molecule has 0 fully saturated rings. The highest BCUT2D eigenvalue weighted by atomic mass is 32.1. The Kier molecular flexibility index (Phi) is 4.57. The molecule has 1 aromatic carbocycles. The van der Waals surface area contributed by atoms with E-state index in [9.17, 15) is 9.18 Å². The van der Waals surface area contributed by atoms with Gasteiger partial charge in [0.05, 0.1) is 5.69 Å². The van der Waals surface area contributed by atoms with E-state index in [0.717, 1.165) is 5.56 Å². The zero-order valence-electron chi connectivity index (χ0n) is 11.9. The van der Waals surface area contributed by atoms with Gasteiger partial charge in [-0.1, -0.05) is 12.1 Å². The fraction of sp³-hybridized carbons (Fsp3) is 0.333. The first-order valence-electron chi connectivity index (χ1n) is 6.57. The second-order valence-corrected chi connectivity index (χ2v) is 6.13. The number of aromatic nitrogens is 1. The minimum Gasteiger partial charge on any atom is -0.481 e. The zero-order chi connectivity index (χ0) is 15.5. The average molecular weight is 308 g/mol. The van der Waals surface area contributed by atoms with Gasteiger partial charge in [0, 0.05) is 11.9 Å². The van der Waals surface area contributed by atoms with E-state index in [1.54, 1.807) is 25.3 Å². The van der Waals surface area contributed by atoms with Crippen LogP contribution in [0.2, 0.25) is 0 Å². The number of halogens is 1. The number of aliphatic carboxylic acids is 1. The lowest BCUT2D eigenvalue weighted by atomic mass is 9.90. The zero-order valence-corrected chi connectivity index (χ0v) is 12.7. The van der Waals surface area contributed by atoms with E-state index in [0.29, 0.717) is 23.8 Å². The Bertz CT molecular complexity index is 640. The topological polar surface area (TPSA) is 62.2 Å². The summed E-state index contributed by atoms with van der Waals surface area (Å²) in [6.45, 7) is 3.87. The van der Waals surface area contributed by atoms with Crippen LogP contribution in [-0.4, -0.2) is 22.6 Å². The van der Waals surface area contributed by atoms with Crippen molar-refractivity contribution in [1.29, 1.82) is 0 Å². The number of carboxylic acids is 1. The summed E-state index contributed by atoms with van der Waals surface area (Å²) in [6, 6.07) is 6.47. The van der Waals surface area contributed by atoms with Crippen LogP contribution in [0.5, 0.6) is 0 Å². The van der Waals surface area contributed by atoms with Gasteiger partial charge in [-0.25, -0.2) is 9.37 Å². The van der Waals surface area contributed by atoms with Crippen molar-refractivity contribution in [1.82, 2.24) is 4.98 Å². The third-order valence-electron chi connectivity index (χ3n) is 3.26. The smallest absolute Gasteiger partial charge is 0.315 e. The maximum atomic E-state index is 13.0. The molecule has 0 atom stereocenters. The molecule has 2 aromatic rings. The van der Waals surface area contributed by atoms with E-state index in [2.05, 4.69) is 10.3 Å². The monoisotopic (exact) mass is 308 g/mol. The van der Waals surface area contributed by atoms with Crippen molar-refractivity contribution in [3.8, 4) is 0 Å². The quantitative estimate of drug-likeness (QED) is 0.859. The predicted octanol–water partition coefficient (Wildman–Crippen LogP) is 3.30. The molecule has 0 aliphatic rings. The van der Waals surface area contributed by atoms with E-state index >= 15 is 0 Å². The molecular weight excluding hydrogens is 291 g/mol. The molecule has 0 amide bonds. The number of carbonyl (C=O) groups is 1. The van der Waals surface area contributed by atoms with Crippen LogP contribution in [-0.2, 0) is 16.6 Å². The first-order chi connectivity index (χ1) is 9.89. The van der Waals surface area contributed by atoms with Crippen LogP contribution in [0, 0.1) is 5.82 Å². The standard InChI is InChI=1S/C15H17FN2O2S/c1-15(2,13(19)20)12-9-21-14(18-12)17-7-6-10-4-3-5-11(16)8-10/h3-5,8-9H,6-7H2,1-2H3,(H,17,18)(H,19,20). The van der Waals surface area contributed by atoms with Gasteiger partial charge in [0.15, 0.2) is 5.13 Å². The Balaban J connectivity index is 1.93. The largest absolute Gasteiger partial charge is 0.481 e. The van der Waals surface area contributed by atoms with Crippen molar-refractivity contribution < 1.29 is 14.3 Å². The molecule has 2 rings (SSSR count). The molecule has 0 bridgehead atoms. The Labute approximate surface area is 126 Å². The molecule has 0 unspecified atom stereocenters. The van der Waals surface area contributed by atoms with Crippen molar-refractivity contribution in [3.63, 3.8) is 0 Å². The van der Waals surface area contributed by atoms with Gasteiger partial charge in [0.1, 0.15) is 11.2 Å². The number of nitrogens with zero attached hydrogens (tertiary/aromatic N) is 1. The fourth-order valence-electron chi connectivity index (χ4n) is 1.76. The van der Waals surface area contributed by atoms with Crippen molar-refractivity contribution in [2.45, 2.75) is 25.7 Å². The summed E-state index contributed by atoms with van der Waals surface area (Å²) in [7, 11) is 0. The third kappa shape index (κ3) is 3.78. The van der Waals surface area contributed by atoms with Crippen LogP contribution >= 0.6 is 11.3 Å². The van der Waals surface area contributed by atoms with E-state index in [-0.39, 0.29) is 5.82 Å². The van der Waals surface area contributed by atoms with Crippen molar-refractivity contribution in [2.24, 2.45) is 0 Å². The molecular formula is C15H17FN2O2S. The number of benzene rings is 1. The molecule has 4 nitrogen and oxygen atoms in total. The number of nitrogens with one attached hydrogen (secondary N) is 1. The van der Waals surface area contributed by atoms with E-state index in [1.165, 1.54) is 23.5 Å². The SMILES string of the molecule is CC(C)(C(=O)O)c1csc(NCCc2cccc(F)c2)n1. The van der Waals surface area contributed by atoms with Crippen molar-refractivity contribution in [3.05, 3.63) is 46.7 Å². The van der Waals surface area contributed by atoms with Crippen LogP contribution in [0.3, 0.4) is 0 Å². The summed E-state index contributed by atoms with van der Waals surface area (Å²) in [5.41, 5.74) is 0.442. The van der Waals surface area contributed by atoms with E-state index in [4.69, 9.17) is 5.11 Å². The lowest BCUT2D eigenvalue weighted by Crippen LogP contribution is -2.28. The highest BCUT2D eigenvalue weighted by molar-refractivity contribution is 7.13. The maximum Gasteiger partial charge on any atom is 0.315 e. The third-order valence-corrected chi connectivity index (χ3v) is 4.06. The van der Waals surface area contributed by atoms with Crippen molar-refractivity contribution in [2.75, 3.05) is 11.9 Å². The normalized spacial score (nSPS) is 11.4. The fourth-order valence-corrected chi connectivity index (χ4v) is 2.66. The molecule has 1 aromatic heterocycles. The Hall–Kier alpha value is -1.95. The van der Waals surface area contributed by atoms with E-state index < -0.39 is 11.4 Å². The second-order valence-electron chi connectivity index (χ2n) is 5.27. The maximum absolute atomic E-state index is 13.0. The summed E-state index contributed by atoms with van der Waals surface area (Å²) in [6.07, 6.45) is 0.676. The molecule has 0 saturated heterocycles. The van der Waals surface area contributed by atoms with Gasteiger partial charge >= 0.3 is 5.97 Å². The van der Waals surface area contributed by atoms with Gasteiger partial charge in [0.25, 0.3) is 0 Å². The Morgan fingerprint density at radius 3 is 2.90 bits per heavy atom. The van der Waals surface area contributed by atoms with Crippen molar-refractivity contribution >= 4 is 22.4 Å². The first-order valence-corrected chi connectivity index (χ1v) is 7.45. The first kappa shape index (κ1) is 15.4. The van der Waals surface area contributed by atoms with E-state index in [1.807, 2.05) is 6.07 Å². The van der Waals surface area contributed by atoms with Crippen LogP contribution in [0.15, 0.2) is 29.6 Å². The number of thiazole rings is 1. The van der Waals surface area contributed by atoms with Gasteiger partial charge in [-0.2, -0.15) is 0 Å². The van der Waals surface area contributed by atoms with Gasteiger partial charge in [0.2, 0.25) is 0 Å². The number of hydrogen-bond acceptors (Lipinski definition) is 4. The van der Waals surface area contributed by atoms with Crippen LogP contribution in [0.4, 0.5) is 9.52 Å². The van der Waals surface area contributed by atoms with Gasteiger partial charge in [-0.15, -0.1) is 11.3 Å². The molecule has 0 spiro atoms. The summed E-state index contributed by atoms with van der Waals surface area (Å²) < 4.78 is 13.0. The van der Waals surface area contributed by atoms with Gasteiger partial charge in [-0.05, 0) is 38.0 Å². The molecule has 0 aliphatic carbocycles. The lowest BCUT2D eigenvalue weighted by molar-refractivity contribution is -0.142. The molecule has 0 radical (unpaired) electrons. The molecule has 0 saturated carbocycles. The molecule has 21 heavy (non-hydrogen) atoms. The van der Waals surface area contributed by atoms with Gasteiger partial charge < -0.3 is 10.4 Å². The summed E-state index contributed by atoms with van der Waals surface area (Å²) in [5, 5.41) is 14.7. The van der Waals surface area contributed by atoms with Gasteiger partial charge in [-0.3, -0.25) is 4.79 Å². The molecule has 112 valence electrons. The highest BCUT2D eigenvalue weighted by Crippen LogP contribution is 2.27. The van der Waals surface area contributed by atoms with Crippen LogP contribution < -0.4 is 5.32 Å². The average Bonchev–Trinajstić information content (AvgIpc) is 2.88. The number of anilines is 1. The summed E-state index contributed by atoms with van der Waals surface area (Å²) >= 11 is 1.37. The Morgan fingerprint density at radius 1 is 1.48 bits per heavy atom. The van der Waals surface area contributed by atoms with Crippen LogP contribution in [0.25, 0.3) is 0 Å². The number of rotatable bonds is 6. The second kappa shape index (κ2) is 6.22. The number of hydrogen-bond donors (Lipinski definition) is 2. The Morgan fingerprint density at radius 2 is 2.24 bits per heavy atom. The molecule has 6 heteroatoms. The molecule has 0 aliphatic heterocycles. The van der Waals surface area contributed by atoms with Crippen LogP contribution in [0.1, 0.15) is 25.1 Å². The lowest BCUT2D eigenvalue weighted by Gasteiger charge is -2.15. The minimum absolute atomic E-state index is 0.243. The highest BCUT2D eigenvalue weighted by Gasteiger charge is 2.32.